The summed E-state index contributed by atoms with van der Waals surface area (Å²) in [5, 5.41) is 0. The number of fused-ring (bicyclic) bond motifs is 3. The Bertz CT molecular complexity index is 858. The highest BCUT2D eigenvalue weighted by molar-refractivity contribution is 5.92. The van der Waals surface area contributed by atoms with Crippen LogP contribution in [0.5, 0.6) is 0 Å². The van der Waals surface area contributed by atoms with Crippen molar-refractivity contribution in [2.24, 2.45) is 29.1 Å². The van der Waals surface area contributed by atoms with Crippen molar-refractivity contribution in [3.63, 3.8) is 0 Å². The van der Waals surface area contributed by atoms with Crippen LogP contribution in [0, 0.1) is 29.1 Å². The number of Topliss-reactive ketones (excluding diaryl/α,β-unsaturated/α-hetero) is 1. The third-order valence-electron chi connectivity index (χ3n) is 7.28. The second kappa shape index (κ2) is 7.56. The van der Waals surface area contributed by atoms with Gasteiger partial charge in [-0.3, -0.25) is 19.2 Å². The van der Waals surface area contributed by atoms with Crippen molar-refractivity contribution in [3.05, 3.63) is 24.2 Å². The maximum Gasteiger partial charge on any atom is 0.309 e. The lowest BCUT2D eigenvalue weighted by molar-refractivity contribution is -0.194. The molecule has 0 radical (unpaired) electrons. The van der Waals surface area contributed by atoms with E-state index in [0.717, 1.165) is 5.56 Å². The van der Waals surface area contributed by atoms with E-state index in [4.69, 9.17) is 18.6 Å². The van der Waals surface area contributed by atoms with Gasteiger partial charge in [0.15, 0.2) is 11.9 Å². The highest BCUT2D eigenvalue weighted by Gasteiger charge is 2.63. The minimum atomic E-state index is -1.02. The number of furan rings is 1. The van der Waals surface area contributed by atoms with E-state index in [-0.39, 0.29) is 24.1 Å². The Morgan fingerprint density at radius 2 is 2.00 bits per heavy atom. The molecule has 1 aromatic heterocycles. The lowest BCUT2D eigenvalue weighted by Crippen LogP contribution is -2.61. The number of cyclic esters (lactones) is 1. The topological polar surface area (TPSA) is 109 Å². The van der Waals surface area contributed by atoms with Crippen LogP contribution in [-0.4, -0.2) is 36.9 Å². The lowest BCUT2D eigenvalue weighted by Gasteiger charge is -2.56. The summed E-state index contributed by atoms with van der Waals surface area (Å²) < 4.78 is 21.1. The number of ketones is 1. The van der Waals surface area contributed by atoms with Crippen LogP contribution >= 0.6 is 0 Å². The second-order valence-corrected chi connectivity index (χ2v) is 8.82. The van der Waals surface area contributed by atoms with Gasteiger partial charge >= 0.3 is 17.9 Å². The van der Waals surface area contributed by atoms with Crippen LogP contribution in [0.25, 0.3) is 0 Å². The Morgan fingerprint density at radius 1 is 1.23 bits per heavy atom. The molecule has 7 atom stereocenters. The Hall–Kier alpha value is -2.64. The monoisotopic (exact) mass is 418 g/mol. The molecule has 1 unspecified atom stereocenters. The molecule has 4 rings (SSSR count). The molecular weight excluding hydrogens is 392 g/mol. The van der Waals surface area contributed by atoms with Gasteiger partial charge in [-0.15, -0.1) is 0 Å². The van der Waals surface area contributed by atoms with E-state index in [1.165, 1.54) is 26.6 Å². The highest BCUT2D eigenvalue weighted by atomic mass is 16.6. The van der Waals surface area contributed by atoms with Gasteiger partial charge in [-0.25, -0.2) is 0 Å². The van der Waals surface area contributed by atoms with Crippen molar-refractivity contribution >= 4 is 23.7 Å². The summed E-state index contributed by atoms with van der Waals surface area (Å²) in [5.74, 6) is -3.50. The fraction of sp³-hybridized carbons (Fsp3) is 0.636. The molecular formula is C22H26O8. The summed E-state index contributed by atoms with van der Waals surface area (Å²) in [5.41, 5.74) is 0.0546. The molecule has 0 spiro atoms. The highest BCUT2D eigenvalue weighted by Crippen LogP contribution is 2.59. The van der Waals surface area contributed by atoms with Gasteiger partial charge in [0.05, 0.1) is 31.5 Å². The largest absolute Gasteiger partial charge is 0.472 e. The maximum atomic E-state index is 13.5. The van der Waals surface area contributed by atoms with Crippen LogP contribution in [-0.2, 0) is 33.4 Å². The number of ether oxygens (including phenoxy) is 3. The molecule has 8 heteroatoms. The fourth-order valence-corrected chi connectivity index (χ4v) is 5.88. The van der Waals surface area contributed by atoms with Crippen LogP contribution in [0.1, 0.15) is 51.2 Å². The first kappa shape index (κ1) is 20.6. The molecule has 162 valence electrons. The zero-order valence-corrected chi connectivity index (χ0v) is 17.3. The number of hydrogen-bond acceptors (Lipinski definition) is 8. The quantitative estimate of drug-likeness (QED) is 0.544. The van der Waals surface area contributed by atoms with E-state index in [9.17, 15) is 19.2 Å². The molecule has 3 fully saturated rings. The fourth-order valence-electron chi connectivity index (χ4n) is 5.88. The molecule has 0 aromatic carbocycles. The molecule has 1 saturated heterocycles. The molecule has 0 amide bonds. The average molecular weight is 418 g/mol. The standard InChI is InChI=1S/C22H26O8/c1-11(23)29-17-9-15(21(26)27-3)22(2)6-4-13-14(18(22)19(17)24)8-16(30-20(13)25)12-5-7-28-10-12/h5,7,10,13-18H,4,6,8-9H2,1-3H3/t13-,14?,15+,16+,17+,18+,22+/m1/s1. The van der Waals surface area contributed by atoms with Crippen LogP contribution in [0.4, 0.5) is 0 Å². The number of methoxy groups -OCH3 is 1. The first-order valence-corrected chi connectivity index (χ1v) is 10.3. The first-order valence-electron chi connectivity index (χ1n) is 10.3. The van der Waals surface area contributed by atoms with Gasteiger partial charge in [-0.2, -0.15) is 0 Å². The van der Waals surface area contributed by atoms with Crippen molar-refractivity contribution in [1.29, 1.82) is 0 Å². The smallest absolute Gasteiger partial charge is 0.309 e. The van der Waals surface area contributed by atoms with Crippen LogP contribution in [0.3, 0.4) is 0 Å². The van der Waals surface area contributed by atoms with Crippen molar-refractivity contribution in [2.45, 2.75) is 51.7 Å². The molecule has 2 saturated carbocycles. The number of hydrogen-bond donors (Lipinski definition) is 0. The normalized spacial score (nSPS) is 38.1. The van der Waals surface area contributed by atoms with Crippen molar-refractivity contribution in [1.82, 2.24) is 0 Å². The van der Waals surface area contributed by atoms with Gasteiger partial charge in [0.1, 0.15) is 6.10 Å². The predicted molar refractivity (Wildman–Crippen MR) is 101 cm³/mol. The second-order valence-electron chi connectivity index (χ2n) is 8.82. The molecule has 1 aromatic rings. The van der Waals surface area contributed by atoms with Gasteiger partial charge < -0.3 is 18.6 Å². The zero-order chi connectivity index (χ0) is 21.6. The Labute approximate surface area is 174 Å². The molecule has 30 heavy (non-hydrogen) atoms. The maximum absolute atomic E-state index is 13.5. The molecule has 2 aliphatic carbocycles. The Balaban J connectivity index is 1.73. The first-order chi connectivity index (χ1) is 14.3. The molecule has 8 nitrogen and oxygen atoms in total. The molecule has 3 aliphatic rings. The minimum absolute atomic E-state index is 0.102. The van der Waals surface area contributed by atoms with E-state index in [1.54, 1.807) is 6.07 Å². The zero-order valence-electron chi connectivity index (χ0n) is 17.3. The van der Waals surface area contributed by atoms with Crippen LogP contribution in [0.15, 0.2) is 23.0 Å². The number of esters is 3. The molecule has 1 aliphatic heterocycles. The Morgan fingerprint density at radius 3 is 2.63 bits per heavy atom. The number of carbonyl (C=O) groups is 4. The van der Waals surface area contributed by atoms with Crippen LogP contribution < -0.4 is 0 Å². The number of carbonyl (C=O) groups excluding carboxylic acids is 4. The summed E-state index contributed by atoms with van der Waals surface area (Å²) in [4.78, 5) is 50.6. The summed E-state index contributed by atoms with van der Waals surface area (Å²) >= 11 is 0. The average Bonchev–Trinajstić information content (AvgIpc) is 3.23. The van der Waals surface area contributed by atoms with Gasteiger partial charge in [-0.05, 0) is 36.7 Å². The SMILES string of the molecule is COC(=O)[C@@H]1C[C@H](OC(C)=O)C(=O)[C@@H]2C3C[C@@H](c4ccoc4)OC(=O)[C@@H]3CC[C@]21C. The van der Waals surface area contributed by atoms with Crippen molar-refractivity contribution < 1.29 is 37.8 Å². The molecule has 0 N–H and O–H groups in total. The summed E-state index contributed by atoms with van der Waals surface area (Å²) in [7, 11) is 1.32. The van der Waals surface area contributed by atoms with Crippen molar-refractivity contribution in [2.75, 3.05) is 7.11 Å². The predicted octanol–water partition coefficient (Wildman–Crippen LogP) is 2.61. The molecule has 0 bridgehead atoms. The van der Waals surface area contributed by atoms with Gasteiger partial charge in [0.2, 0.25) is 0 Å². The summed E-state index contributed by atoms with van der Waals surface area (Å²) in [6.07, 6.45) is 3.11. The minimum Gasteiger partial charge on any atom is -0.472 e. The lowest BCUT2D eigenvalue weighted by atomic mass is 9.48. The van der Waals surface area contributed by atoms with Crippen LogP contribution in [0.2, 0.25) is 0 Å². The summed E-state index contributed by atoms with van der Waals surface area (Å²) in [6.45, 7) is 3.16. The van der Waals surface area contributed by atoms with Gasteiger partial charge in [-0.1, -0.05) is 6.92 Å². The van der Waals surface area contributed by atoms with Gasteiger partial charge in [0.25, 0.3) is 0 Å². The molecule has 2 heterocycles. The number of rotatable bonds is 3. The Kier molecular flexibility index (Phi) is 5.20. The summed E-state index contributed by atoms with van der Waals surface area (Å²) in [6, 6.07) is 1.74. The van der Waals surface area contributed by atoms with Gasteiger partial charge in [0, 0.05) is 24.8 Å². The van der Waals surface area contributed by atoms with E-state index >= 15 is 0 Å². The third-order valence-corrected chi connectivity index (χ3v) is 7.28. The van der Waals surface area contributed by atoms with E-state index < -0.39 is 47.3 Å². The van der Waals surface area contributed by atoms with E-state index in [1.807, 2.05) is 6.92 Å². The van der Waals surface area contributed by atoms with E-state index in [0.29, 0.717) is 19.3 Å². The van der Waals surface area contributed by atoms with E-state index in [2.05, 4.69) is 0 Å². The van der Waals surface area contributed by atoms with Crippen molar-refractivity contribution in [3.8, 4) is 0 Å². The third kappa shape index (κ3) is 3.22.